The first-order valence-corrected chi connectivity index (χ1v) is 9.15. The third-order valence-corrected chi connectivity index (χ3v) is 4.87. The molecule has 1 aromatic carbocycles. The number of hydrogen-bond donors (Lipinski definition) is 0. The van der Waals surface area contributed by atoms with Crippen LogP contribution in [-0.4, -0.2) is 26.6 Å². The Morgan fingerprint density at radius 3 is 2.50 bits per heavy atom. The average Bonchev–Trinajstić information content (AvgIpc) is 2.73. The highest BCUT2D eigenvalue weighted by Crippen LogP contribution is 2.36. The number of amides is 1. The molecule has 0 radical (unpaired) electrons. The summed E-state index contributed by atoms with van der Waals surface area (Å²) in [6.45, 7) is -0.387. The van der Waals surface area contributed by atoms with E-state index in [9.17, 15) is 31.9 Å². The lowest BCUT2D eigenvalue weighted by atomic mass is 10.1. The summed E-state index contributed by atoms with van der Waals surface area (Å²) in [5.41, 5.74) is -4.33. The van der Waals surface area contributed by atoms with Crippen LogP contribution in [0.4, 0.5) is 23.2 Å². The second kappa shape index (κ2) is 7.62. The SMILES string of the molecule is Cn1c(C(F)(F)F)cc(=O)n(-c2cc3c(cc2F)OCC(=O)N3Cc2ccccn2)c1=O. The highest BCUT2D eigenvalue weighted by atomic mass is 19.4. The normalized spacial score (nSPS) is 13.7. The highest BCUT2D eigenvalue weighted by molar-refractivity contribution is 5.98. The minimum absolute atomic E-state index is 0.0129. The van der Waals surface area contributed by atoms with Gasteiger partial charge in [-0.25, -0.2) is 13.8 Å². The van der Waals surface area contributed by atoms with Gasteiger partial charge in [0, 0.05) is 25.4 Å². The van der Waals surface area contributed by atoms with E-state index in [1.807, 2.05) is 0 Å². The van der Waals surface area contributed by atoms with E-state index in [-0.39, 0.29) is 39.8 Å². The van der Waals surface area contributed by atoms with Crippen molar-refractivity contribution in [2.45, 2.75) is 12.7 Å². The standard InChI is InChI=1S/C20H14F4N4O4/c1-26-16(20(22,23)24)8-17(29)28(19(26)31)13-7-14-15(6-12(13)21)32-10-18(30)27(14)9-11-4-2-3-5-25-11/h2-8H,9-10H2,1H3. The van der Waals surface area contributed by atoms with Crippen LogP contribution in [0.3, 0.4) is 0 Å². The van der Waals surface area contributed by atoms with E-state index in [0.717, 1.165) is 19.2 Å². The van der Waals surface area contributed by atoms with Crippen molar-refractivity contribution in [3.05, 3.63) is 80.6 Å². The molecule has 0 aliphatic carbocycles. The van der Waals surface area contributed by atoms with Crippen molar-refractivity contribution in [1.29, 1.82) is 0 Å². The minimum Gasteiger partial charge on any atom is -0.481 e. The first-order chi connectivity index (χ1) is 15.1. The molecule has 2 aromatic heterocycles. The van der Waals surface area contributed by atoms with Crippen LogP contribution >= 0.6 is 0 Å². The molecule has 0 bridgehead atoms. The van der Waals surface area contributed by atoms with Gasteiger partial charge in [-0.2, -0.15) is 13.2 Å². The van der Waals surface area contributed by atoms with E-state index in [1.165, 1.54) is 11.1 Å². The number of benzene rings is 1. The summed E-state index contributed by atoms with van der Waals surface area (Å²) >= 11 is 0. The Morgan fingerprint density at radius 2 is 1.84 bits per heavy atom. The number of hydrogen-bond acceptors (Lipinski definition) is 5. The molecule has 1 aliphatic rings. The molecule has 0 atom stereocenters. The smallest absolute Gasteiger partial charge is 0.431 e. The molecule has 8 nitrogen and oxygen atoms in total. The van der Waals surface area contributed by atoms with Gasteiger partial charge >= 0.3 is 11.9 Å². The number of aromatic nitrogens is 3. The number of rotatable bonds is 3. The van der Waals surface area contributed by atoms with Crippen molar-refractivity contribution in [3.8, 4) is 11.4 Å². The number of fused-ring (bicyclic) bond motifs is 1. The summed E-state index contributed by atoms with van der Waals surface area (Å²) in [6, 6.07) is 7.12. The molecule has 166 valence electrons. The Morgan fingerprint density at radius 1 is 1.09 bits per heavy atom. The van der Waals surface area contributed by atoms with Gasteiger partial charge in [-0.1, -0.05) is 6.07 Å². The molecule has 1 aliphatic heterocycles. The number of anilines is 1. The Balaban J connectivity index is 1.89. The molecule has 0 unspecified atom stereocenters. The number of carbonyl (C=O) groups excluding carboxylic acids is 1. The molecule has 3 aromatic rings. The fourth-order valence-electron chi connectivity index (χ4n) is 3.33. The predicted octanol–water partition coefficient (Wildman–Crippen LogP) is 2.01. The lowest BCUT2D eigenvalue weighted by Gasteiger charge is -2.29. The van der Waals surface area contributed by atoms with E-state index >= 15 is 0 Å². The van der Waals surface area contributed by atoms with Gasteiger partial charge in [0.15, 0.2) is 12.4 Å². The molecular formula is C20H14F4N4O4. The number of ether oxygens (including phenoxy) is 1. The molecule has 0 N–H and O–H groups in total. The Hall–Kier alpha value is -3.96. The van der Waals surface area contributed by atoms with Crippen LogP contribution in [0.25, 0.3) is 5.69 Å². The Bertz CT molecular complexity index is 1330. The second-order valence-electron chi connectivity index (χ2n) is 6.90. The molecule has 3 heterocycles. The van der Waals surface area contributed by atoms with Gasteiger partial charge in [0.1, 0.15) is 11.4 Å². The Kier molecular flexibility index (Phi) is 5.07. The maximum Gasteiger partial charge on any atom is 0.431 e. The third-order valence-electron chi connectivity index (χ3n) is 4.87. The van der Waals surface area contributed by atoms with E-state index in [4.69, 9.17) is 4.74 Å². The van der Waals surface area contributed by atoms with Crippen molar-refractivity contribution in [1.82, 2.24) is 14.1 Å². The highest BCUT2D eigenvalue weighted by Gasteiger charge is 2.35. The minimum atomic E-state index is -4.96. The fraction of sp³-hybridized carbons (Fsp3) is 0.200. The number of halogens is 4. The molecule has 12 heteroatoms. The van der Waals surface area contributed by atoms with E-state index in [2.05, 4.69) is 4.98 Å². The van der Waals surface area contributed by atoms with Crippen LogP contribution < -0.4 is 20.9 Å². The number of alkyl halides is 3. The van der Waals surface area contributed by atoms with E-state index < -0.39 is 40.5 Å². The van der Waals surface area contributed by atoms with Crippen molar-refractivity contribution >= 4 is 11.6 Å². The van der Waals surface area contributed by atoms with Crippen molar-refractivity contribution in [2.24, 2.45) is 7.05 Å². The maximum absolute atomic E-state index is 14.8. The largest absolute Gasteiger partial charge is 0.481 e. The van der Waals surface area contributed by atoms with Gasteiger partial charge in [0.05, 0.1) is 23.6 Å². The predicted molar refractivity (Wildman–Crippen MR) is 103 cm³/mol. The summed E-state index contributed by atoms with van der Waals surface area (Å²) in [4.78, 5) is 42.7. The van der Waals surface area contributed by atoms with Crippen LogP contribution in [0.1, 0.15) is 11.4 Å². The van der Waals surface area contributed by atoms with Crippen molar-refractivity contribution in [3.63, 3.8) is 0 Å². The first-order valence-electron chi connectivity index (χ1n) is 9.15. The molecule has 0 spiro atoms. The molecule has 0 saturated heterocycles. The zero-order valence-electron chi connectivity index (χ0n) is 16.4. The lowest BCUT2D eigenvalue weighted by Crippen LogP contribution is -2.42. The lowest BCUT2D eigenvalue weighted by molar-refractivity contribution is -0.144. The monoisotopic (exact) mass is 450 g/mol. The maximum atomic E-state index is 14.8. The van der Waals surface area contributed by atoms with Gasteiger partial charge in [0.2, 0.25) is 0 Å². The molecule has 0 fully saturated rings. The van der Waals surface area contributed by atoms with Gasteiger partial charge in [-0.05, 0) is 18.2 Å². The van der Waals surface area contributed by atoms with E-state index in [1.54, 1.807) is 18.2 Å². The number of pyridine rings is 1. The summed E-state index contributed by atoms with van der Waals surface area (Å²) in [5, 5.41) is 0. The summed E-state index contributed by atoms with van der Waals surface area (Å²) in [7, 11) is 0.817. The summed E-state index contributed by atoms with van der Waals surface area (Å²) in [6.07, 6.45) is -3.44. The molecule has 1 amide bonds. The Labute approximate surface area is 176 Å². The van der Waals surface area contributed by atoms with Gasteiger partial charge < -0.3 is 4.74 Å². The van der Waals surface area contributed by atoms with Gasteiger partial charge in [-0.15, -0.1) is 0 Å². The topological polar surface area (TPSA) is 86.4 Å². The fourth-order valence-corrected chi connectivity index (χ4v) is 3.33. The van der Waals surface area contributed by atoms with Gasteiger partial charge in [-0.3, -0.25) is 24.0 Å². The van der Waals surface area contributed by atoms with Crippen LogP contribution in [-0.2, 0) is 24.6 Å². The molecule has 0 saturated carbocycles. The molecule has 32 heavy (non-hydrogen) atoms. The summed E-state index contributed by atoms with van der Waals surface area (Å²) in [5.74, 6) is -1.61. The number of carbonyl (C=O) groups is 1. The van der Waals surface area contributed by atoms with E-state index in [0.29, 0.717) is 5.69 Å². The van der Waals surface area contributed by atoms with Crippen LogP contribution in [0.5, 0.6) is 5.75 Å². The van der Waals surface area contributed by atoms with Gasteiger partial charge in [0.25, 0.3) is 11.5 Å². The molecule has 4 rings (SSSR count). The average molecular weight is 450 g/mol. The first kappa shape index (κ1) is 21.3. The van der Waals surface area contributed by atoms with Crippen molar-refractivity contribution in [2.75, 3.05) is 11.5 Å². The van der Waals surface area contributed by atoms with Crippen molar-refractivity contribution < 1.29 is 27.1 Å². The summed E-state index contributed by atoms with van der Waals surface area (Å²) < 4.78 is 59.8. The third kappa shape index (κ3) is 3.63. The van der Waals surface area contributed by atoms with Crippen LogP contribution in [0, 0.1) is 5.82 Å². The molecular weight excluding hydrogens is 436 g/mol. The zero-order valence-corrected chi connectivity index (χ0v) is 16.4. The second-order valence-corrected chi connectivity index (χ2v) is 6.90. The quantitative estimate of drug-likeness (QED) is 0.570. The zero-order chi connectivity index (χ0) is 23.2. The van der Waals surface area contributed by atoms with Crippen LogP contribution in [0.15, 0.2) is 52.2 Å². The van der Waals surface area contributed by atoms with Crippen LogP contribution in [0.2, 0.25) is 0 Å². The number of nitrogens with zero attached hydrogens (tertiary/aromatic N) is 4.